The Morgan fingerprint density at radius 3 is 2.42 bits per heavy atom. The zero-order valence-corrected chi connectivity index (χ0v) is 15.3. The topological polar surface area (TPSA) is 59.3 Å². The van der Waals surface area contributed by atoms with Gasteiger partial charge in [0.05, 0.1) is 26.0 Å². The van der Waals surface area contributed by atoms with E-state index in [1.54, 1.807) is 7.11 Å². The summed E-state index contributed by atoms with van der Waals surface area (Å²) >= 11 is 0. The SMILES string of the molecule is COc1ccc([C@@H](NCc2c(C)nn(CCO)c2C)C(C)C)cc1. The van der Waals surface area contributed by atoms with Crippen LogP contribution in [0.15, 0.2) is 24.3 Å². The number of aryl methyl sites for hydroxylation is 1. The van der Waals surface area contributed by atoms with Crippen molar-refractivity contribution in [2.24, 2.45) is 5.92 Å². The Morgan fingerprint density at radius 2 is 1.88 bits per heavy atom. The summed E-state index contributed by atoms with van der Waals surface area (Å²) in [5, 5.41) is 17.3. The van der Waals surface area contributed by atoms with E-state index in [1.165, 1.54) is 11.1 Å². The van der Waals surface area contributed by atoms with Gasteiger partial charge in [0.2, 0.25) is 0 Å². The van der Waals surface area contributed by atoms with Gasteiger partial charge in [-0.2, -0.15) is 5.10 Å². The number of benzene rings is 1. The first-order valence-corrected chi connectivity index (χ1v) is 8.49. The van der Waals surface area contributed by atoms with E-state index < -0.39 is 0 Å². The highest BCUT2D eigenvalue weighted by Crippen LogP contribution is 2.25. The first-order valence-electron chi connectivity index (χ1n) is 8.49. The number of aliphatic hydroxyl groups is 1. The molecule has 2 rings (SSSR count). The number of rotatable bonds is 8. The highest BCUT2D eigenvalue weighted by molar-refractivity contribution is 5.30. The summed E-state index contributed by atoms with van der Waals surface area (Å²) in [7, 11) is 1.68. The van der Waals surface area contributed by atoms with E-state index in [-0.39, 0.29) is 12.6 Å². The molecule has 0 amide bonds. The molecule has 0 spiro atoms. The van der Waals surface area contributed by atoms with E-state index in [0.717, 1.165) is 23.7 Å². The van der Waals surface area contributed by atoms with Crippen LogP contribution in [0.1, 0.15) is 42.4 Å². The molecule has 0 unspecified atom stereocenters. The number of methoxy groups -OCH3 is 1. The number of aromatic nitrogens is 2. The number of aliphatic hydroxyl groups excluding tert-OH is 1. The van der Waals surface area contributed by atoms with Crippen LogP contribution in [-0.4, -0.2) is 28.6 Å². The van der Waals surface area contributed by atoms with Gasteiger partial charge in [-0.15, -0.1) is 0 Å². The third-order valence-electron chi connectivity index (χ3n) is 4.48. The van der Waals surface area contributed by atoms with Crippen molar-refractivity contribution in [1.29, 1.82) is 0 Å². The van der Waals surface area contributed by atoms with Crippen molar-refractivity contribution < 1.29 is 9.84 Å². The van der Waals surface area contributed by atoms with Gasteiger partial charge in [-0.1, -0.05) is 26.0 Å². The molecule has 0 aliphatic heterocycles. The molecule has 2 aromatic rings. The first-order chi connectivity index (χ1) is 11.5. The number of hydrogen-bond donors (Lipinski definition) is 2. The van der Waals surface area contributed by atoms with Crippen LogP contribution >= 0.6 is 0 Å². The summed E-state index contributed by atoms with van der Waals surface area (Å²) in [5.41, 5.74) is 4.60. The fourth-order valence-electron chi connectivity index (χ4n) is 3.06. The number of ether oxygens (including phenoxy) is 1. The maximum absolute atomic E-state index is 9.14. The molecule has 0 bridgehead atoms. The number of hydrogen-bond acceptors (Lipinski definition) is 4. The normalized spacial score (nSPS) is 12.6. The van der Waals surface area contributed by atoms with Crippen molar-refractivity contribution in [2.75, 3.05) is 13.7 Å². The number of nitrogens with one attached hydrogen (secondary N) is 1. The molecule has 132 valence electrons. The lowest BCUT2D eigenvalue weighted by molar-refractivity contribution is 0.267. The summed E-state index contributed by atoms with van der Waals surface area (Å²) in [5.74, 6) is 1.34. The third kappa shape index (κ3) is 4.16. The van der Waals surface area contributed by atoms with E-state index >= 15 is 0 Å². The van der Waals surface area contributed by atoms with Crippen LogP contribution in [0.3, 0.4) is 0 Å². The van der Waals surface area contributed by atoms with Gasteiger partial charge < -0.3 is 15.2 Å². The van der Waals surface area contributed by atoms with Crippen molar-refractivity contribution in [1.82, 2.24) is 15.1 Å². The van der Waals surface area contributed by atoms with Crippen LogP contribution < -0.4 is 10.1 Å². The molecule has 0 saturated heterocycles. The van der Waals surface area contributed by atoms with Gasteiger partial charge in [0.1, 0.15) is 5.75 Å². The zero-order chi connectivity index (χ0) is 17.7. The van der Waals surface area contributed by atoms with Gasteiger partial charge >= 0.3 is 0 Å². The minimum Gasteiger partial charge on any atom is -0.497 e. The van der Waals surface area contributed by atoms with E-state index in [1.807, 2.05) is 23.7 Å². The van der Waals surface area contributed by atoms with Crippen molar-refractivity contribution >= 4 is 0 Å². The molecule has 0 aliphatic rings. The molecule has 0 radical (unpaired) electrons. The Morgan fingerprint density at radius 1 is 1.21 bits per heavy atom. The Labute approximate surface area is 144 Å². The van der Waals surface area contributed by atoms with Gasteiger partial charge in [-0.05, 0) is 37.5 Å². The van der Waals surface area contributed by atoms with Crippen LogP contribution in [-0.2, 0) is 13.1 Å². The second-order valence-electron chi connectivity index (χ2n) is 6.47. The molecule has 0 saturated carbocycles. The second kappa shape index (κ2) is 8.31. The lowest BCUT2D eigenvalue weighted by Crippen LogP contribution is -2.25. The Balaban J connectivity index is 2.14. The predicted octanol–water partition coefficient (Wildman–Crippen LogP) is 2.99. The zero-order valence-electron chi connectivity index (χ0n) is 15.3. The molecule has 1 aromatic heterocycles. The van der Waals surface area contributed by atoms with E-state index in [2.05, 4.69) is 43.3 Å². The summed E-state index contributed by atoms with van der Waals surface area (Å²) < 4.78 is 7.12. The summed E-state index contributed by atoms with van der Waals surface area (Å²) in [4.78, 5) is 0. The molecule has 2 N–H and O–H groups in total. The maximum Gasteiger partial charge on any atom is 0.118 e. The monoisotopic (exact) mass is 331 g/mol. The van der Waals surface area contributed by atoms with Crippen LogP contribution in [0, 0.1) is 19.8 Å². The fraction of sp³-hybridized carbons (Fsp3) is 0.526. The molecule has 0 aliphatic carbocycles. The van der Waals surface area contributed by atoms with Crippen molar-refractivity contribution in [3.05, 3.63) is 46.8 Å². The Bertz CT molecular complexity index is 647. The van der Waals surface area contributed by atoms with Gasteiger partial charge in [0, 0.05) is 23.8 Å². The highest BCUT2D eigenvalue weighted by atomic mass is 16.5. The third-order valence-corrected chi connectivity index (χ3v) is 4.48. The lowest BCUT2D eigenvalue weighted by Gasteiger charge is -2.23. The predicted molar refractivity (Wildman–Crippen MR) is 96.2 cm³/mol. The highest BCUT2D eigenvalue weighted by Gasteiger charge is 2.18. The van der Waals surface area contributed by atoms with E-state index in [4.69, 9.17) is 9.84 Å². The molecular weight excluding hydrogens is 302 g/mol. The largest absolute Gasteiger partial charge is 0.497 e. The van der Waals surface area contributed by atoms with Gasteiger partial charge in [0.15, 0.2) is 0 Å². The van der Waals surface area contributed by atoms with Crippen molar-refractivity contribution in [3.63, 3.8) is 0 Å². The Kier molecular flexibility index (Phi) is 6.40. The van der Waals surface area contributed by atoms with Crippen LogP contribution in [0.2, 0.25) is 0 Å². The molecule has 5 heteroatoms. The summed E-state index contributed by atoms with van der Waals surface area (Å²) in [6, 6.07) is 8.50. The van der Waals surface area contributed by atoms with Gasteiger partial charge in [-0.3, -0.25) is 4.68 Å². The van der Waals surface area contributed by atoms with Gasteiger partial charge in [0.25, 0.3) is 0 Å². The minimum atomic E-state index is 0.106. The van der Waals surface area contributed by atoms with Crippen molar-refractivity contribution in [2.45, 2.75) is 46.8 Å². The molecule has 24 heavy (non-hydrogen) atoms. The second-order valence-corrected chi connectivity index (χ2v) is 6.47. The molecule has 1 atom stereocenters. The average Bonchev–Trinajstić information content (AvgIpc) is 2.83. The lowest BCUT2D eigenvalue weighted by atomic mass is 9.95. The van der Waals surface area contributed by atoms with E-state index in [0.29, 0.717) is 12.5 Å². The smallest absolute Gasteiger partial charge is 0.118 e. The molecular formula is C19H29N3O2. The summed E-state index contributed by atoms with van der Waals surface area (Å²) in [6.07, 6.45) is 0. The van der Waals surface area contributed by atoms with E-state index in [9.17, 15) is 0 Å². The van der Waals surface area contributed by atoms with Crippen LogP contribution in [0.4, 0.5) is 0 Å². The standard InChI is InChI=1S/C19H29N3O2/c1-13(2)19(16-6-8-17(24-5)9-7-16)20-12-18-14(3)21-22(10-11-23)15(18)4/h6-9,13,19-20,23H,10-12H2,1-5H3/t19-/m0/s1. The Hall–Kier alpha value is -1.85. The first kappa shape index (κ1) is 18.5. The maximum atomic E-state index is 9.14. The van der Waals surface area contributed by atoms with Gasteiger partial charge in [-0.25, -0.2) is 0 Å². The fourth-order valence-corrected chi connectivity index (χ4v) is 3.06. The molecule has 1 aromatic carbocycles. The van der Waals surface area contributed by atoms with Crippen LogP contribution in [0.25, 0.3) is 0 Å². The minimum absolute atomic E-state index is 0.106. The average molecular weight is 331 g/mol. The number of nitrogens with zero attached hydrogens (tertiary/aromatic N) is 2. The molecule has 0 fully saturated rings. The molecule has 5 nitrogen and oxygen atoms in total. The molecule has 1 heterocycles. The quantitative estimate of drug-likeness (QED) is 0.781. The van der Waals surface area contributed by atoms with Crippen LogP contribution in [0.5, 0.6) is 5.75 Å². The summed E-state index contributed by atoms with van der Waals surface area (Å²) in [6.45, 7) is 9.93. The van der Waals surface area contributed by atoms with Crippen molar-refractivity contribution in [3.8, 4) is 5.75 Å².